The molecule has 0 radical (unpaired) electrons. The fraction of sp³-hybridized carbons (Fsp3) is 0.500. The third-order valence-electron chi connectivity index (χ3n) is 2.68. The molecule has 0 aromatic heterocycles. The maximum absolute atomic E-state index is 12.7. The van der Waals surface area contributed by atoms with Crippen LogP contribution in [0.3, 0.4) is 0 Å². The summed E-state index contributed by atoms with van der Waals surface area (Å²) in [6.07, 6.45) is 1.17. The van der Waals surface area contributed by atoms with E-state index in [0.29, 0.717) is 13.0 Å². The zero-order valence-electron chi connectivity index (χ0n) is 10.9. The van der Waals surface area contributed by atoms with Crippen molar-refractivity contribution in [3.05, 3.63) is 35.6 Å². The van der Waals surface area contributed by atoms with E-state index in [1.165, 1.54) is 12.1 Å². The average Bonchev–Trinajstić information content (AvgIpc) is 2.35. The van der Waals surface area contributed by atoms with Gasteiger partial charge in [-0.3, -0.25) is 4.79 Å². The summed E-state index contributed by atoms with van der Waals surface area (Å²) in [7, 11) is 0. The first kappa shape index (κ1) is 14.6. The van der Waals surface area contributed by atoms with Crippen LogP contribution in [-0.2, 0) is 9.53 Å². The van der Waals surface area contributed by atoms with Crippen molar-refractivity contribution in [2.75, 3.05) is 13.2 Å². The Labute approximate surface area is 107 Å². The van der Waals surface area contributed by atoms with Crippen LogP contribution in [0.5, 0.6) is 0 Å². The van der Waals surface area contributed by atoms with E-state index < -0.39 is 0 Å². The number of ether oxygens (including phenoxy) is 1. The first-order chi connectivity index (χ1) is 8.63. The van der Waals surface area contributed by atoms with E-state index in [-0.39, 0.29) is 17.8 Å². The summed E-state index contributed by atoms with van der Waals surface area (Å²) in [5.74, 6) is -0.387. The molecule has 18 heavy (non-hydrogen) atoms. The number of hydrogen-bond donors (Lipinski definition) is 1. The second-order valence-electron chi connectivity index (χ2n) is 4.14. The van der Waals surface area contributed by atoms with E-state index in [2.05, 4.69) is 5.32 Å². The Bertz CT molecular complexity index is 365. The van der Waals surface area contributed by atoms with Gasteiger partial charge in [0.05, 0.1) is 6.61 Å². The largest absolute Gasteiger partial charge is 0.466 e. The second kappa shape index (κ2) is 7.82. The molecule has 1 aromatic rings. The molecular weight excluding hydrogens is 233 g/mol. The lowest BCUT2D eigenvalue weighted by Gasteiger charge is -2.13. The summed E-state index contributed by atoms with van der Waals surface area (Å²) in [5, 5.41) is 3.29. The molecule has 0 aliphatic carbocycles. The molecule has 0 saturated carbocycles. The molecule has 1 atom stereocenters. The topological polar surface area (TPSA) is 38.3 Å². The van der Waals surface area contributed by atoms with Crippen molar-refractivity contribution in [1.29, 1.82) is 0 Å². The fourth-order valence-corrected chi connectivity index (χ4v) is 1.65. The van der Waals surface area contributed by atoms with Crippen molar-refractivity contribution in [2.45, 2.75) is 32.7 Å². The van der Waals surface area contributed by atoms with Crippen molar-refractivity contribution >= 4 is 5.97 Å². The maximum Gasteiger partial charge on any atom is 0.305 e. The maximum atomic E-state index is 12.7. The Morgan fingerprint density at radius 1 is 1.39 bits per heavy atom. The highest BCUT2D eigenvalue weighted by molar-refractivity contribution is 5.69. The van der Waals surface area contributed by atoms with Crippen molar-refractivity contribution in [1.82, 2.24) is 5.32 Å². The molecule has 4 heteroatoms. The van der Waals surface area contributed by atoms with Crippen molar-refractivity contribution in [2.24, 2.45) is 0 Å². The van der Waals surface area contributed by atoms with Gasteiger partial charge < -0.3 is 10.1 Å². The van der Waals surface area contributed by atoms with E-state index in [4.69, 9.17) is 4.74 Å². The zero-order chi connectivity index (χ0) is 13.4. The van der Waals surface area contributed by atoms with Crippen molar-refractivity contribution in [3.63, 3.8) is 0 Å². The Morgan fingerprint density at radius 3 is 2.67 bits per heavy atom. The summed E-state index contributed by atoms with van der Waals surface area (Å²) in [6, 6.07) is 6.57. The number of nitrogens with one attached hydrogen (secondary N) is 1. The van der Waals surface area contributed by atoms with Crippen molar-refractivity contribution < 1.29 is 13.9 Å². The number of esters is 1. The zero-order valence-corrected chi connectivity index (χ0v) is 10.9. The highest BCUT2D eigenvalue weighted by Crippen LogP contribution is 2.12. The second-order valence-corrected chi connectivity index (χ2v) is 4.14. The van der Waals surface area contributed by atoms with Gasteiger partial charge >= 0.3 is 5.97 Å². The Hall–Kier alpha value is -1.42. The average molecular weight is 253 g/mol. The van der Waals surface area contributed by atoms with Crippen LogP contribution in [0.25, 0.3) is 0 Å². The molecule has 1 N–H and O–H groups in total. The van der Waals surface area contributed by atoms with Crippen LogP contribution >= 0.6 is 0 Å². The molecule has 1 aromatic carbocycles. The van der Waals surface area contributed by atoms with Crippen LogP contribution in [0.4, 0.5) is 4.39 Å². The third kappa shape index (κ3) is 5.27. The van der Waals surface area contributed by atoms with Crippen LogP contribution in [0.15, 0.2) is 24.3 Å². The van der Waals surface area contributed by atoms with Crippen LogP contribution in [0, 0.1) is 5.82 Å². The van der Waals surface area contributed by atoms with Gasteiger partial charge in [0.25, 0.3) is 0 Å². The minimum absolute atomic E-state index is 0.146. The summed E-state index contributed by atoms with van der Waals surface area (Å²) in [5.41, 5.74) is 1.03. The Kier molecular flexibility index (Phi) is 6.36. The van der Waals surface area contributed by atoms with E-state index in [1.807, 2.05) is 6.92 Å². The number of benzene rings is 1. The molecule has 0 spiro atoms. The first-order valence-electron chi connectivity index (χ1n) is 6.28. The molecule has 0 bridgehead atoms. The summed E-state index contributed by atoms with van der Waals surface area (Å²) < 4.78 is 17.6. The minimum Gasteiger partial charge on any atom is -0.466 e. The van der Waals surface area contributed by atoms with Crippen LogP contribution in [0.2, 0.25) is 0 Å². The molecule has 0 heterocycles. The SMILES string of the molecule is CCOC(=O)CCCNC(C)c1ccc(F)cc1. The van der Waals surface area contributed by atoms with Gasteiger partial charge in [-0.15, -0.1) is 0 Å². The quantitative estimate of drug-likeness (QED) is 0.600. The minimum atomic E-state index is -0.228. The lowest BCUT2D eigenvalue weighted by atomic mass is 10.1. The van der Waals surface area contributed by atoms with Gasteiger partial charge in [0.2, 0.25) is 0 Å². The molecule has 0 saturated heterocycles. The highest BCUT2D eigenvalue weighted by Gasteiger charge is 2.05. The van der Waals surface area contributed by atoms with Gasteiger partial charge in [0, 0.05) is 12.5 Å². The molecule has 1 unspecified atom stereocenters. The molecule has 3 nitrogen and oxygen atoms in total. The van der Waals surface area contributed by atoms with Gasteiger partial charge in [-0.1, -0.05) is 12.1 Å². The van der Waals surface area contributed by atoms with Crippen LogP contribution in [0.1, 0.15) is 38.3 Å². The fourth-order valence-electron chi connectivity index (χ4n) is 1.65. The number of carbonyl (C=O) groups excluding carboxylic acids is 1. The lowest BCUT2D eigenvalue weighted by Crippen LogP contribution is -2.20. The summed E-state index contributed by atoms with van der Waals surface area (Å²) >= 11 is 0. The molecule has 0 amide bonds. The van der Waals surface area contributed by atoms with Gasteiger partial charge in [-0.2, -0.15) is 0 Å². The number of rotatable bonds is 7. The normalized spacial score (nSPS) is 12.2. The third-order valence-corrected chi connectivity index (χ3v) is 2.68. The monoisotopic (exact) mass is 253 g/mol. The van der Waals surface area contributed by atoms with Crippen LogP contribution < -0.4 is 5.32 Å². The Morgan fingerprint density at radius 2 is 2.06 bits per heavy atom. The molecule has 1 rings (SSSR count). The Balaban J connectivity index is 2.23. The van der Waals surface area contributed by atoms with Gasteiger partial charge in [-0.25, -0.2) is 4.39 Å². The van der Waals surface area contributed by atoms with Gasteiger partial charge in [0.15, 0.2) is 0 Å². The van der Waals surface area contributed by atoms with E-state index in [9.17, 15) is 9.18 Å². The summed E-state index contributed by atoms with van der Waals surface area (Å²) in [4.78, 5) is 11.1. The summed E-state index contributed by atoms with van der Waals surface area (Å²) in [6.45, 7) is 4.97. The molecule has 0 aliphatic rings. The van der Waals surface area contributed by atoms with E-state index in [1.54, 1.807) is 19.1 Å². The number of hydrogen-bond acceptors (Lipinski definition) is 3. The number of halogens is 1. The van der Waals surface area contributed by atoms with Gasteiger partial charge in [0.1, 0.15) is 5.82 Å². The molecule has 0 fully saturated rings. The molecule has 0 aliphatic heterocycles. The molecule has 100 valence electrons. The lowest BCUT2D eigenvalue weighted by molar-refractivity contribution is -0.143. The number of carbonyl (C=O) groups is 1. The smallest absolute Gasteiger partial charge is 0.305 e. The highest BCUT2D eigenvalue weighted by atomic mass is 19.1. The standard InChI is InChI=1S/C14H20FNO2/c1-3-18-14(17)5-4-10-16-11(2)12-6-8-13(15)9-7-12/h6-9,11,16H,3-5,10H2,1-2H3. The van der Waals surface area contributed by atoms with Gasteiger partial charge in [-0.05, 0) is 44.5 Å². The van der Waals surface area contributed by atoms with Crippen LogP contribution in [-0.4, -0.2) is 19.1 Å². The van der Waals surface area contributed by atoms with Crippen molar-refractivity contribution in [3.8, 4) is 0 Å². The predicted molar refractivity (Wildman–Crippen MR) is 68.7 cm³/mol. The van der Waals surface area contributed by atoms with E-state index >= 15 is 0 Å². The molecular formula is C14H20FNO2. The predicted octanol–water partition coefficient (Wildman–Crippen LogP) is 2.82. The van der Waals surface area contributed by atoms with E-state index in [0.717, 1.165) is 18.5 Å². The first-order valence-corrected chi connectivity index (χ1v) is 6.28.